The van der Waals surface area contributed by atoms with Crippen LogP contribution in [0, 0.1) is 5.82 Å². The molecule has 0 aliphatic heterocycles. The molecule has 1 aromatic rings. The zero-order valence-electron chi connectivity index (χ0n) is 9.64. The molecule has 0 fully saturated rings. The topological polar surface area (TPSA) is 59.5 Å². The number of amides is 1. The molecule has 0 aliphatic rings. The molecule has 1 aromatic heterocycles. The first-order chi connectivity index (χ1) is 8.06. The van der Waals surface area contributed by atoms with Crippen LogP contribution in [0.15, 0.2) is 18.5 Å². The number of pyridine rings is 1. The van der Waals surface area contributed by atoms with E-state index in [2.05, 4.69) is 9.72 Å². The van der Waals surface area contributed by atoms with Crippen LogP contribution in [-0.4, -0.2) is 42.0 Å². The van der Waals surface area contributed by atoms with Crippen molar-refractivity contribution in [3.8, 4) is 0 Å². The van der Waals surface area contributed by atoms with E-state index in [1.54, 1.807) is 6.92 Å². The minimum atomic E-state index is -0.715. The largest absolute Gasteiger partial charge is 0.465 e. The Kier molecular flexibility index (Phi) is 4.56. The van der Waals surface area contributed by atoms with Gasteiger partial charge in [0.1, 0.15) is 6.54 Å². The van der Waals surface area contributed by atoms with Crippen molar-refractivity contribution in [3.05, 3.63) is 29.8 Å². The molecule has 0 saturated carbocycles. The lowest BCUT2D eigenvalue weighted by Crippen LogP contribution is -2.33. The van der Waals surface area contributed by atoms with Gasteiger partial charge in [0.2, 0.25) is 0 Å². The molecule has 5 nitrogen and oxygen atoms in total. The number of aromatic nitrogens is 1. The van der Waals surface area contributed by atoms with Crippen molar-refractivity contribution >= 4 is 11.9 Å². The van der Waals surface area contributed by atoms with Crippen LogP contribution in [0.25, 0.3) is 0 Å². The smallest absolute Gasteiger partial charge is 0.325 e. The normalized spacial score (nSPS) is 9.82. The molecule has 0 spiro atoms. The fourth-order valence-electron chi connectivity index (χ4n) is 1.23. The Bertz CT molecular complexity index is 423. The molecule has 0 radical (unpaired) electrons. The summed E-state index contributed by atoms with van der Waals surface area (Å²) in [5, 5.41) is 0. The number of rotatable bonds is 4. The van der Waals surface area contributed by atoms with E-state index in [-0.39, 0.29) is 18.7 Å². The van der Waals surface area contributed by atoms with Crippen molar-refractivity contribution in [2.45, 2.75) is 6.92 Å². The molecular formula is C11H13FN2O3. The summed E-state index contributed by atoms with van der Waals surface area (Å²) in [5.74, 6) is -1.83. The second-order valence-corrected chi connectivity index (χ2v) is 3.32. The van der Waals surface area contributed by atoms with E-state index in [1.807, 2.05) is 0 Å². The Balaban J connectivity index is 2.70. The number of hydrogen-bond donors (Lipinski definition) is 0. The predicted molar refractivity (Wildman–Crippen MR) is 57.8 cm³/mol. The van der Waals surface area contributed by atoms with Crippen LogP contribution in [0.1, 0.15) is 17.3 Å². The van der Waals surface area contributed by atoms with Crippen LogP contribution in [0.2, 0.25) is 0 Å². The van der Waals surface area contributed by atoms with Crippen LogP contribution in [-0.2, 0) is 9.53 Å². The first-order valence-corrected chi connectivity index (χ1v) is 5.06. The molecule has 0 unspecified atom stereocenters. The van der Waals surface area contributed by atoms with Crippen molar-refractivity contribution < 1.29 is 18.7 Å². The minimum absolute atomic E-state index is 0.119. The Morgan fingerprint density at radius 3 is 2.82 bits per heavy atom. The number of nitrogens with zero attached hydrogens (tertiary/aromatic N) is 2. The van der Waals surface area contributed by atoms with Crippen LogP contribution in [0.5, 0.6) is 0 Å². The molecule has 0 N–H and O–H groups in total. The molecule has 0 atom stereocenters. The van der Waals surface area contributed by atoms with E-state index in [9.17, 15) is 14.0 Å². The molecule has 6 heteroatoms. The van der Waals surface area contributed by atoms with Crippen LogP contribution in [0.4, 0.5) is 4.39 Å². The van der Waals surface area contributed by atoms with Gasteiger partial charge in [-0.15, -0.1) is 0 Å². The summed E-state index contributed by atoms with van der Waals surface area (Å²) in [6.45, 7) is 1.70. The molecule has 0 bridgehead atoms. The summed E-state index contributed by atoms with van der Waals surface area (Å²) in [7, 11) is 1.40. The van der Waals surface area contributed by atoms with Gasteiger partial charge in [0.15, 0.2) is 5.82 Å². The van der Waals surface area contributed by atoms with Crippen LogP contribution >= 0.6 is 0 Å². The van der Waals surface area contributed by atoms with Crippen molar-refractivity contribution in [1.82, 2.24) is 9.88 Å². The molecule has 0 saturated heterocycles. The van der Waals surface area contributed by atoms with Gasteiger partial charge >= 0.3 is 5.97 Å². The average molecular weight is 240 g/mol. The summed E-state index contributed by atoms with van der Waals surface area (Å²) in [4.78, 5) is 27.5. The molecule has 1 rings (SSSR count). The van der Waals surface area contributed by atoms with Crippen molar-refractivity contribution in [2.75, 3.05) is 20.2 Å². The quantitative estimate of drug-likeness (QED) is 0.732. The third-order valence-corrected chi connectivity index (χ3v) is 2.02. The summed E-state index contributed by atoms with van der Waals surface area (Å²) in [6.07, 6.45) is 2.26. The van der Waals surface area contributed by atoms with E-state index >= 15 is 0 Å². The van der Waals surface area contributed by atoms with Gasteiger partial charge in [0.05, 0.1) is 18.4 Å². The van der Waals surface area contributed by atoms with Gasteiger partial charge in [0.25, 0.3) is 5.91 Å². The Morgan fingerprint density at radius 1 is 1.53 bits per heavy atom. The summed E-state index contributed by atoms with van der Waals surface area (Å²) in [5.41, 5.74) is -0.119. The first kappa shape index (κ1) is 13.1. The lowest BCUT2D eigenvalue weighted by atomic mass is 10.2. The highest BCUT2D eigenvalue weighted by molar-refractivity contribution is 5.95. The van der Waals surface area contributed by atoms with E-state index in [0.717, 1.165) is 11.1 Å². The van der Waals surface area contributed by atoms with Gasteiger partial charge in [-0.3, -0.25) is 14.6 Å². The second kappa shape index (κ2) is 5.93. The Labute approximate surface area is 98.2 Å². The first-order valence-electron chi connectivity index (χ1n) is 5.06. The van der Waals surface area contributed by atoms with E-state index in [1.165, 1.54) is 19.3 Å². The fourth-order valence-corrected chi connectivity index (χ4v) is 1.23. The van der Waals surface area contributed by atoms with E-state index in [0.29, 0.717) is 0 Å². The number of hydrogen-bond acceptors (Lipinski definition) is 4. The highest BCUT2D eigenvalue weighted by Crippen LogP contribution is 2.07. The zero-order valence-corrected chi connectivity index (χ0v) is 9.64. The van der Waals surface area contributed by atoms with E-state index in [4.69, 9.17) is 0 Å². The SMILES string of the molecule is CCOC(=O)CN(C)C(=O)c1ccncc1F. The number of carbonyl (C=O) groups is 2. The zero-order chi connectivity index (χ0) is 12.8. The molecule has 0 aliphatic carbocycles. The Morgan fingerprint density at radius 2 is 2.24 bits per heavy atom. The highest BCUT2D eigenvalue weighted by Gasteiger charge is 2.18. The van der Waals surface area contributed by atoms with Gasteiger partial charge in [-0.25, -0.2) is 4.39 Å². The van der Waals surface area contributed by atoms with Gasteiger partial charge in [-0.05, 0) is 13.0 Å². The van der Waals surface area contributed by atoms with Gasteiger partial charge in [-0.1, -0.05) is 0 Å². The molecular weight excluding hydrogens is 227 g/mol. The third-order valence-electron chi connectivity index (χ3n) is 2.02. The van der Waals surface area contributed by atoms with Crippen molar-refractivity contribution in [1.29, 1.82) is 0 Å². The summed E-state index contributed by atoms with van der Waals surface area (Å²) < 4.78 is 17.9. The van der Waals surface area contributed by atoms with Gasteiger partial charge < -0.3 is 9.64 Å². The van der Waals surface area contributed by atoms with Gasteiger partial charge in [-0.2, -0.15) is 0 Å². The lowest BCUT2D eigenvalue weighted by molar-refractivity contribution is -0.143. The summed E-state index contributed by atoms with van der Waals surface area (Å²) >= 11 is 0. The minimum Gasteiger partial charge on any atom is -0.465 e. The number of likely N-dealkylation sites (N-methyl/N-ethyl adjacent to an activating group) is 1. The monoisotopic (exact) mass is 240 g/mol. The fraction of sp³-hybridized carbons (Fsp3) is 0.364. The highest BCUT2D eigenvalue weighted by atomic mass is 19.1. The lowest BCUT2D eigenvalue weighted by Gasteiger charge is -2.16. The van der Waals surface area contributed by atoms with Crippen molar-refractivity contribution in [2.24, 2.45) is 0 Å². The standard InChI is InChI=1S/C11H13FN2O3/c1-3-17-10(15)7-14(2)11(16)8-4-5-13-6-9(8)12/h4-6H,3,7H2,1-2H3. The molecule has 0 aromatic carbocycles. The second-order valence-electron chi connectivity index (χ2n) is 3.32. The maximum atomic E-state index is 13.3. The summed E-state index contributed by atoms with van der Waals surface area (Å²) in [6, 6.07) is 1.26. The molecule has 17 heavy (non-hydrogen) atoms. The molecule has 1 amide bonds. The molecule has 1 heterocycles. The number of ether oxygens (including phenoxy) is 1. The van der Waals surface area contributed by atoms with Crippen LogP contribution < -0.4 is 0 Å². The maximum absolute atomic E-state index is 13.3. The van der Waals surface area contributed by atoms with Crippen molar-refractivity contribution in [3.63, 3.8) is 0 Å². The number of esters is 1. The third kappa shape index (κ3) is 3.51. The predicted octanol–water partition coefficient (Wildman–Crippen LogP) is 0.856. The number of carbonyl (C=O) groups excluding carboxylic acids is 2. The number of halogens is 1. The van der Waals surface area contributed by atoms with E-state index < -0.39 is 17.7 Å². The Hall–Kier alpha value is -1.98. The maximum Gasteiger partial charge on any atom is 0.325 e. The average Bonchev–Trinajstić information content (AvgIpc) is 2.29. The van der Waals surface area contributed by atoms with Gasteiger partial charge in [0, 0.05) is 13.2 Å². The van der Waals surface area contributed by atoms with Crippen LogP contribution in [0.3, 0.4) is 0 Å². The molecule has 92 valence electrons.